The number of esters is 3. The molecule has 0 aromatic rings. The van der Waals surface area contributed by atoms with Crippen molar-refractivity contribution in [2.24, 2.45) is 0 Å². The van der Waals surface area contributed by atoms with Crippen molar-refractivity contribution >= 4 is 17.9 Å². The van der Waals surface area contributed by atoms with Crippen LogP contribution < -0.4 is 0 Å². The smallest absolute Gasteiger partial charge is 0.306 e. The fourth-order valence-electron chi connectivity index (χ4n) is 8.25. The second kappa shape index (κ2) is 57.4. The van der Waals surface area contributed by atoms with Gasteiger partial charge in [0.15, 0.2) is 6.10 Å². The fourth-order valence-corrected chi connectivity index (χ4v) is 8.25. The minimum Gasteiger partial charge on any atom is -0.462 e. The van der Waals surface area contributed by atoms with Crippen molar-refractivity contribution < 1.29 is 28.6 Å². The maximum atomic E-state index is 12.9. The Morgan fingerprint density at radius 3 is 0.928 bits per heavy atom. The lowest BCUT2D eigenvalue weighted by molar-refractivity contribution is -0.167. The first-order valence-corrected chi connectivity index (χ1v) is 29.4. The number of unbranched alkanes of at least 4 members (excludes halogenated alkanes) is 30. The zero-order chi connectivity index (χ0) is 50.0. The Kier molecular flexibility index (Phi) is 54.8. The second-order valence-electron chi connectivity index (χ2n) is 19.5. The highest BCUT2D eigenvalue weighted by Crippen LogP contribution is 2.15. The molecule has 0 aromatic heterocycles. The molecule has 6 nitrogen and oxygen atoms in total. The van der Waals surface area contributed by atoms with Crippen LogP contribution in [0.5, 0.6) is 0 Å². The van der Waals surface area contributed by atoms with E-state index in [0.717, 1.165) is 83.5 Å². The largest absolute Gasteiger partial charge is 0.462 e. The van der Waals surface area contributed by atoms with Crippen LogP contribution in [0.25, 0.3) is 0 Å². The molecular weight excluding hydrogens is 853 g/mol. The van der Waals surface area contributed by atoms with Gasteiger partial charge in [-0.1, -0.05) is 235 Å². The van der Waals surface area contributed by atoms with E-state index >= 15 is 0 Å². The predicted octanol–water partition coefficient (Wildman–Crippen LogP) is 19.8. The Bertz CT molecular complexity index is 1290. The molecule has 0 heterocycles. The summed E-state index contributed by atoms with van der Waals surface area (Å²) in [5.41, 5.74) is 0. The van der Waals surface area contributed by atoms with Gasteiger partial charge in [-0.2, -0.15) is 0 Å². The molecule has 398 valence electrons. The maximum Gasteiger partial charge on any atom is 0.306 e. The highest BCUT2D eigenvalue weighted by Gasteiger charge is 2.19. The van der Waals surface area contributed by atoms with Crippen LogP contribution in [0.2, 0.25) is 0 Å². The zero-order valence-electron chi connectivity index (χ0n) is 45.6. The van der Waals surface area contributed by atoms with Gasteiger partial charge in [-0.3, -0.25) is 14.4 Å². The summed E-state index contributed by atoms with van der Waals surface area (Å²) in [7, 11) is 0. The molecule has 6 heteroatoms. The molecule has 0 aromatic carbocycles. The summed E-state index contributed by atoms with van der Waals surface area (Å²) >= 11 is 0. The number of carbonyl (C=O) groups is 3. The van der Waals surface area contributed by atoms with Gasteiger partial charge in [0, 0.05) is 19.3 Å². The molecule has 0 N–H and O–H groups in total. The molecule has 0 spiro atoms. The lowest BCUT2D eigenvalue weighted by atomic mass is 10.1. The Morgan fingerprint density at radius 2 is 0.565 bits per heavy atom. The van der Waals surface area contributed by atoms with E-state index in [2.05, 4.69) is 93.7 Å². The highest BCUT2D eigenvalue weighted by atomic mass is 16.6. The van der Waals surface area contributed by atoms with Crippen molar-refractivity contribution in [3.05, 3.63) is 72.9 Å². The third-order valence-electron chi connectivity index (χ3n) is 12.7. The van der Waals surface area contributed by atoms with Crippen LogP contribution in [0.15, 0.2) is 72.9 Å². The SMILES string of the molecule is CC/C=C\C/C=C\C/C=C\C/C=C\CCCCC(=O)OCC(COC(=O)CCCCCCCCCCC/C=C\CCCCCCCC)OC(=O)CCCCCCCCC/C=C\CCCCCCCC. The minimum atomic E-state index is -0.796. The lowest BCUT2D eigenvalue weighted by Gasteiger charge is -2.18. The molecule has 0 bridgehead atoms. The third-order valence-corrected chi connectivity index (χ3v) is 12.7. The van der Waals surface area contributed by atoms with Crippen molar-refractivity contribution in [3.8, 4) is 0 Å². The third kappa shape index (κ3) is 55.6. The predicted molar refractivity (Wildman–Crippen MR) is 298 cm³/mol. The summed E-state index contributed by atoms with van der Waals surface area (Å²) < 4.78 is 16.8. The fraction of sp³-hybridized carbons (Fsp3) is 0.762. The van der Waals surface area contributed by atoms with Crippen molar-refractivity contribution in [2.75, 3.05) is 13.2 Å². The molecule has 0 fully saturated rings. The van der Waals surface area contributed by atoms with Crippen molar-refractivity contribution in [1.82, 2.24) is 0 Å². The van der Waals surface area contributed by atoms with Gasteiger partial charge in [-0.15, -0.1) is 0 Å². The number of ether oxygens (including phenoxy) is 3. The van der Waals surface area contributed by atoms with Gasteiger partial charge < -0.3 is 14.2 Å². The van der Waals surface area contributed by atoms with Gasteiger partial charge >= 0.3 is 17.9 Å². The molecule has 0 aliphatic heterocycles. The zero-order valence-corrected chi connectivity index (χ0v) is 45.6. The van der Waals surface area contributed by atoms with Gasteiger partial charge in [0.1, 0.15) is 13.2 Å². The topological polar surface area (TPSA) is 78.9 Å². The summed E-state index contributed by atoms with van der Waals surface area (Å²) in [4.78, 5) is 38.2. The monoisotopic (exact) mass is 963 g/mol. The van der Waals surface area contributed by atoms with E-state index < -0.39 is 6.10 Å². The van der Waals surface area contributed by atoms with Gasteiger partial charge in [-0.25, -0.2) is 0 Å². The standard InChI is InChI=1S/C63H110O6/c1-4-7-10-13-16-19-22-25-28-30-31-33-35-38-41-44-47-50-53-56-62(65)68-59-60(58-67-61(64)55-52-49-46-43-40-37-34-27-24-21-18-15-12-9-6-3)69-63(66)57-54-51-48-45-42-39-36-32-29-26-23-20-17-14-11-8-5-2/h9,12,18,21,25-29,34,40,43,60H,4-8,10-11,13-17,19-20,22-24,30-33,35-39,41-42,44-59H2,1-3H3/b12-9-,21-18-,28-25-,29-26-,34-27-,43-40-. The van der Waals surface area contributed by atoms with E-state index in [9.17, 15) is 14.4 Å². The lowest BCUT2D eigenvalue weighted by Crippen LogP contribution is -2.30. The molecule has 1 unspecified atom stereocenters. The van der Waals surface area contributed by atoms with E-state index in [1.165, 1.54) is 167 Å². The summed E-state index contributed by atoms with van der Waals surface area (Å²) in [5, 5.41) is 0. The number of allylic oxidation sites excluding steroid dienone is 12. The van der Waals surface area contributed by atoms with E-state index in [4.69, 9.17) is 14.2 Å². The molecule has 0 aliphatic rings. The van der Waals surface area contributed by atoms with Crippen LogP contribution in [0, 0.1) is 0 Å². The second-order valence-corrected chi connectivity index (χ2v) is 19.5. The highest BCUT2D eigenvalue weighted by molar-refractivity contribution is 5.71. The molecule has 0 amide bonds. The Hall–Kier alpha value is -3.15. The summed E-state index contributed by atoms with van der Waals surface area (Å²) in [6, 6.07) is 0. The first-order valence-electron chi connectivity index (χ1n) is 29.4. The van der Waals surface area contributed by atoms with Gasteiger partial charge in [0.2, 0.25) is 0 Å². The molecule has 0 rings (SSSR count). The molecule has 0 radical (unpaired) electrons. The van der Waals surface area contributed by atoms with Gasteiger partial charge in [0.25, 0.3) is 0 Å². The quantitative estimate of drug-likeness (QED) is 0.0262. The van der Waals surface area contributed by atoms with Crippen LogP contribution in [0.1, 0.15) is 290 Å². The van der Waals surface area contributed by atoms with Crippen molar-refractivity contribution in [1.29, 1.82) is 0 Å². The average Bonchev–Trinajstić information content (AvgIpc) is 3.35. The van der Waals surface area contributed by atoms with Crippen LogP contribution in [0.3, 0.4) is 0 Å². The van der Waals surface area contributed by atoms with E-state index in [0.29, 0.717) is 19.3 Å². The number of hydrogen-bond donors (Lipinski definition) is 0. The van der Waals surface area contributed by atoms with Crippen LogP contribution in [-0.4, -0.2) is 37.2 Å². The van der Waals surface area contributed by atoms with Gasteiger partial charge in [0.05, 0.1) is 0 Å². The van der Waals surface area contributed by atoms with E-state index in [1.54, 1.807) is 0 Å². The molecule has 1 atom stereocenters. The van der Waals surface area contributed by atoms with E-state index in [1.807, 2.05) is 0 Å². The van der Waals surface area contributed by atoms with E-state index in [-0.39, 0.29) is 31.1 Å². The Morgan fingerprint density at radius 1 is 0.304 bits per heavy atom. The number of rotatable bonds is 53. The van der Waals surface area contributed by atoms with Crippen molar-refractivity contribution in [2.45, 2.75) is 297 Å². The average molecular weight is 964 g/mol. The molecular formula is C63H110O6. The normalized spacial score (nSPS) is 12.6. The molecule has 69 heavy (non-hydrogen) atoms. The molecule has 0 saturated carbocycles. The minimum absolute atomic E-state index is 0.0904. The van der Waals surface area contributed by atoms with Crippen molar-refractivity contribution in [3.63, 3.8) is 0 Å². The summed E-state index contributed by atoms with van der Waals surface area (Å²) in [6.45, 7) is 6.50. The van der Waals surface area contributed by atoms with Crippen LogP contribution >= 0.6 is 0 Å². The molecule has 0 saturated heterocycles. The van der Waals surface area contributed by atoms with Gasteiger partial charge in [-0.05, 0) is 109 Å². The van der Waals surface area contributed by atoms with Crippen LogP contribution in [-0.2, 0) is 28.6 Å². The Labute approximate surface area is 427 Å². The Balaban J connectivity index is 4.42. The first kappa shape index (κ1) is 65.8. The summed E-state index contributed by atoms with van der Waals surface area (Å²) in [5.74, 6) is -0.931. The summed E-state index contributed by atoms with van der Waals surface area (Å²) in [6.07, 6.45) is 73.2. The first-order chi connectivity index (χ1) is 34.0. The molecule has 0 aliphatic carbocycles. The number of carbonyl (C=O) groups excluding carboxylic acids is 3. The number of hydrogen-bond acceptors (Lipinski definition) is 6. The maximum absolute atomic E-state index is 12.9. The van der Waals surface area contributed by atoms with Crippen LogP contribution in [0.4, 0.5) is 0 Å².